The minimum absolute atomic E-state index is 0.171. The van der Waals surface area contributed by atoms with Crippen LogP contribution in [0.25, 0.3) is 0 Å². The maximum absolute atomic E-state index is 12.2. The summed E-state index contributed by atoms with van der Waals surface area (Å²) in [5, 5.41) is 0.171. The summed E-state index contributed by atoms with van der Waals surface area (Å²) in [7, 11) is 1.45. The average Bonchev–Trinajstić information content (AvgIpc) is 2.47. The minimum atomic E-state index is -3.33. The Morgan fingerprint density at radius 2 is 1.95 bits per heavy atom. The van der Waals surface area contributed by atoms with Gasteiger partial charge in [-0.1, -0.05) is 12.1 Å². The highest BCUT2D eigenvalue weighted by molar-refractivity contribution is 7.99. The fraction of sp³-hybridized carbons (Fsp3) is 0.538. The van der Waals surface area contributed by atoms with Gasteiger partial charge in [0.15, 0.2) is 0 Å². The van der Waals surface area contributed by atoms with Gasteiger partial charge in [0.2, 0.25) is 0 Å². The van der Waals surface area contributed by atoms with Gasteiger partial charge in [-0.15, -0.1) is 0 Å². The van der Waals surface area contributed by atoms with E-state index in [2.05, 4.69) is 0 Å². The normalized spacial score (nSPS) is 21.1. The molecule has 112 valence electrons. The molecule has 0 bridgehead atoms. The van der Waals surface area contributed by atoms with Gasteiger partial charge in [0.05, 0.1) is 7.11 Å². The second kappa shape index (κ2) is 6.34. The van der Waals surface area contributed by atoms with Crippen LogP contribution in [0.4, 0.5) is 0 Å². The van der Waals surface area contributed by atoms with Gasteiger partial charge < -0.3 is 4.74 Å². The maximum Gasteiger partial charge on any atom is 0.281 e. The number of thioether (sulfide) groups is 1. The fourth-order valence-electron chi connectivity index (χ4n) is 2.09. The van der Waals surface area contributed by atoms with Crippen molar-refractivity contribution in [2.45, 2.75) is 5.25 Å². The molecule has 1 heterocycles. The minimum Gasteiger partial charge on any atom is -0.497 e. The van der Waals surface area contributed by atoms with E-state index in [1.54, 1.807) is 37.3 Å². The number of hydrogen-bond donors (Lipinski definition) is 0. The first kappa shape index (κ1) is 15.6. The molecule has 1 fully saturated rings. The Labute approximate surface area is 125 Å². The molecule has 1 aliphatic heterocycles. The first-order valence-electron chi connectivity index (χ1n) is 6.38. The topological polar surface area (TPSA) is 49.9 Å². The van der Waals surface area contributed by atoms with Gasteiger partial charge in [-0.05, 0) is 17.7 Å². The van der Waals surface area contributed by atoms with E-state index in [1.807, 2.05) is 24.3 Å². The van der Waals surface area contributed by atoms with Crippen molar-refractivity contribution in [1.82, 2.24) is 8.61 Å². The maximum atomic E-state index is 12.2. The molecule has 0 N–H and O–H groups in total. The Bertz CT molecular complexity index is 543. The van der Waals surface area contributed by atoms with Crippen molar-refractivity contribution in [2.75, 3.05) is 40.0 Å². The van der Waals surface area contributed by atoms with E-state index in [4.69, 9.17) is 4.74 Å². The molecule has 1 atom stereocenters. The lowest BCUT2D eigenvalue weighted by molar-refractivity contribution is 0.382. The number of methoxy groups -OCH3 is 1. The van der Waals surface area contributed by atoms with Crippen LogP contribution in [0.2, 0.25) is 0 Å². The lowest BCUT2D eigenvalue weighted by Gasteiger charge is -2.33. The predicted molar refractivity (Wildman–Crippen MR) is 82.4 cm³/mol. The van der Waals surface area contributed by atoms with Crippen LogP contribution in [0.15, 0.2) is 24.3 Å². The summed E-state index contributed by atoms with van der Waals surface area (Å²) in [6.45, 7) is 1.08. The van der Waals surface area contributed by atoms with Gasteiger partial charge in [0, 0.05) is 38.2 Å². The summed E-state index contributed by atoms with van der Waals surface area (Å²) in [5.41, 5.74) is 1.13. The smallest absolute Gasteiger partial charge is 0.281 e. The van der Waals surface area contributed by atoms with Gasteiger partial charge in [-0.2, -0.15) is 28.8 Å². The number of hydrogen-bond acceptors (Lipinski definition) is 4. The first-order chi connectivity index (χ1) is 9.45. The van der Waals surface area contributed by atoms with Gasteiger partial charge >= 0.3 is 0 Å². The van der Waals surface area contributed by atoms with Crippen LogP contribution in [0.5, 0.6) is 5.75 Å². The van der Waals surface area contributed by atoms with Crippen LogP contribution >= 0.6 is 11.8 Å². The SMILES string of the molecule is COc1ccc(C2CN(S(=O)(=O)N(C)C)CCS2)cc1. The highest BCUT2D eigenvalue weighted by Crippen LogP contribution is 2.35. The summed E-state index contributed by atoms with van der Waals surface area (Å²) in [5.74, 6) is 1.62. The third kappa shape index (κ3) is 3.28. The monoisotopic (exact) mass is 316 g/mol. The molecule has 1 aromatic rings. The molecule has 0 aliphatic carbocycles. The lowest BCUT2D eigenvalue weighted by atomic mass is 10.1. The summed E-state index contributed by atoms with van der Waals surface area (Å²) in [6, 6.07) is 7.83. The zero-order chi connectivity index (χ0) is 14.8. The predicted octanol–water partition coefficient (Wildman–Crippen LogP) is 1.59. The Hall–Kier alpha value is -0.760. The lowest BCUT2D eigenvalue weighted by Crippen LogP contribution is -2.45. The van der Waals surface area contributed by atoms with E-state index < -0.39 is 10.2 Å². The molecule has 0 amide bonds. The average molecular weight is 316 g/mol. The fourth-order valence-corrected chi connectivity index (χ4v) is 4.66. The van der Waals surface area contributed by atoms with E-state index in [-0.39, 0.29) is 5.25 Å². The van der Waals surface area contributed by atoms with Crippen molar-refractivity contribution in [3.63, 3.8) is 0 Å². The number of benzene rings is 1. The zero-order valence-electron chi connectivity index (χ0n) is 11.9. The zero-order valence-corrected chi connectivity index (χ0v) is 13.6. The van der Waals surface area contributed by atoms with Crippen molar-refractivity contribution >= 4 is 22.0 Å². The molecule has 0 radical (unpaired) electrons. The molecule has 5 nitrogen and oxygen atoms in total. The van der Waals surface area contributed by atoms with E-state index in [9.17, 15) is 8.42 Å². The third-order valence-electron chi connectivity index (χ3n) is 3.30. The number of rotatable bonds is 4. The van der Waals surface area contributed by atoms with E-state index in [0.717, 1.165) is 17.1 Å². The van der Waals surface area contributed by atoms with Crippen molar-refractivity contribution in [3.05, 3.63) is 29.8 Å². The van der Waals surface area contributed by atoms with Crippen molar-refractivity contribution in [1.29, 1.82) is 0 Å². The van der Waals surface area contributed by atoms with Crippen LogP contribution < -0.4 is 4.74 Å². The standard InChI is InChI=1S/C13H20N2O3S2/c1-14(2)20(16,17)15-8-9-19-13(10-15)11-4-6-12(18-3)7-5-11/h4-7,13H,8-10H2,1-3H3. The molecule has 1 saturated heterocycles. The molecular weight excluding hydrogens is 296 g/mol. The van der Waals surface area contributed by atoms with Gasteiger partial charge in [-0.3, -0.25) is 0 Å². The molecule has 0 saturated carbocycles. The van der Waals surface area contributed by atoms with Crippen LogP contribution in [0, 0.1) is 0 Å². The van der Waals surface area contributed by atoms with Gasteiger partial charge in [-0.25, -0.2) is 0 Å². The summed E-state index contributed by atoms with van der Waals surface area (Å²) >= 11 is 1.80. The Morgan fingerprint density at radius 1 is 1.30 bits per heavy atom. The molecule has 20 heavy (non-hydrogen) atoms. The molecule has 0 spiro atoms. The highest BCUT2D eigenvalue weighted by Gasteiger charge is 2.31. The van der Waals surface area contributed by atoms with Crippen LogP contribution in [-0.2, 0) is 10.2 Å². The quantitative estimate of drug-likeness (QED) is 0.846. The molecular formula is C13H20N2O3S2. The largest absolute Gasteiger partial charge is 0.497 e. The third-order valence-corrected chi connectivity index (χ3v) is 6.45. The number of nitrogens with zero attached hydrogens (tertiary/aromatic N) is 2. The molecule has 1 aliphatic rings. The van der Waals surface area contributed by atoms with Crippen LogP contribution in [0.3, 0.4) is 0 Å². The summed E-state index contributed by atoms with van der Waals surface area (Å²) in [6.07, 6.45) is 0. The molecule has 1 unspecified atom stereocenters. The van der Waals surface area contributed by atoms with E-state index in [0.29, 0.717) is 13.1 Å². The van der Waals surface area contributed by atoms with Gasteiger partial charge in [0.1, 0.15) is 5.75 Å². The first-order valence-corrected chi connectivity index (χ1v) is 8.83. The second-order valence-corrected chi connectivity index (χ2v) is 8.23. The van der Waals surface area contributed by atoms with Gasteiger partial charge in [0.25, 0.3) is 10.2 Å². The highest BCUT2D eigenvalue weighted by atomic mass is 32.2. The van der Waals surface area contributed by atoms with Crippen molar-refractivity contribution < 1.29 is 13.2 Å². The Morgan fingerprint density at radius 3 is 2.50 bits per heavy atom. The van der Waals surface area contributed by atoms with Crippen LogP contribution in [-0.4, -0.2) is 57.1 Å². The van der Waals surface area contributed by atoms with Crippen molar-refractivity contribution in [2.24, 2.45) is 0 Å². The van der Waals surface area contributed by atoms with Crippen molar-refractivity contribution in [3.8, 4) is 5.75 Å². The summed E-state index contributed by atoms with van der Waals surface area (Å²) in [4.78, 5) is 0. The van der Waals surface area contributed by atoms with E-state index in [1.165, 1.54) is 4.31 Å². The van der Waals surface area contributed by atoms with Crippen LogP contribution in [0.1, 0.15) is 10.8 Å². The molecule has 7 heteroatoms. The molecule has 0 aromatic heterocycles. The number of ether oxygens (including phenoxy) is 1. The van der Waals surface area contributed by atoms with E-state index >= 15 is 0 Å². The Balaban J connectivity index is 2.14. The second-order valence-electron chi connectivity index (χ2n) is 4.78. The molecule has 2 rings (SSSR count). The Kier molecular flexibility index (Phi) is 4.95. The molecule has 1 aromatic carbocycles. The summed E-state index contributed by atoms with van der Waals surface area (Å²) < 4.78 is 32.3.